The average molecular weight is 213 g/mol. The van der Waals surface area contributed by atoms with Crippen LogP contribution < -0.4 is 5.32 Å². The Kier molecular flexibility index (Phi) is 5.44. The number of aliphatic hydroxyl groups excluding tert-OH is 1. The standard InChI is InChI=1S/C9H18F3NO/c1-6(2)8(14)5-13-7(3)4-9(10,11)12/h6-8,13-14H,4-5H2,1-3H3. The minimum absolute atomic E-state index is 0.0561. The molecule has 0 amide bonds. The molecule has 2 nitrogen and oxygen atoms in total. The van der Waals surface area contributed by atoms with E-state index >= 15 is 0 Å². The lowest BCUT2D eigenvalue weighted by atomic mass is 10.1. The maximum absolute atomic E-state index is 11.9. The molecule has 0 heterocycles. The lowest BCUT2D eigenvalue weighted by molar-refractivity contribution is -0.139. The quantitative estimate of drug-likeness (QED) is 0.731. The second-order valence-corrected chi connectivity index (χ2v) is 3.94. The molecular weight excluding hydrogens is 195 g/mol. The third-order valence-corrected chi connectivity index (χ3v) is 1.98. The van der Waals surface area contributed by atoms with Gasteiger partial charge in [-0.2, -0.15) is 13.2 Å². The van der Waals surface area contributed by atoms with Crippen LogP contribution in [0.15, 0.2) is 0 Å². The summed E-state index contributed by atoms with van der Waals surface area (Å²) in [5.41, 5.74) is 0. The molecule has 0 radical (unpaired) electrons. The van der Waals surface area contributed by atoms with Crippen LogP contribution in [0.5, 0.6) is 0 Å². The highest BCUT2D eigenvalue weighted by Gasteiger charge is 2.29. The minimum atomic E-state index is -4.14. The van der Waals surface area contributed by atoms with Crippen molar-refractivity contribution in [2.75, 3.05) is 6.54 Å². The van der Waals surface area contributed by atoms with Gasteiger partial charge in [-0.15, -0.1) is 0 Å². The Morgan fingerprint density at radius 1 is 1.21 bits per heavy atom. The van der Waals surface area contributed by atoms with Crippen LogP contribution in [0.4, 0.5) is 13.2 Å². The van der Waals surface area contributed by atoms with E-state index < -0.39 is 24.7 Å². The zero-order chi connectivity index (χ0) is 11.4. The summed E-state index contributed by atoms with van der Waals surface area (Å²) in [6.07, 6.45) is -5.60. The molecule has 0 aliphatic carbocycles. The SMILES string of the molecule is CC(CC(F)(F)F)NCC(O)C(C)C. The first-order chi connectivity index (χ1) is 6.22. The molecule has 0 saturated heterocycles. The Morgan fingerprint density at radius 3 is 2.07 bits per heavy atom. The van der Waals surface area contributed by atoms with Crippen molar-refractivity contribution >= 4 is 0 Å². The van der Waals surface area contributed by atoms with E-state index in [0.29, 0.717) is 0 Å². The van der Waals surface area contributed by atoms with Crippen molar-refractivity contribution in [1.82, 2.24) is 5.32 Å². The van der Waals surface area contributed by atoms with E-state index in [1.54, 1.807) is 0 Å². The molecule has 14 heavy (non-hydrogen) atoms. The van der Waals surface area contributed by atoms with Gasteiger partial charge in [0.05, 0.1) is 12.5 Å². The Balaban J connectivity index is 3.69. The molecular formula is C9H18F3NO. The van der Waals surface area contributed by atoms with Crippen molar-refractivity contribution in [3.05, 3.63) is 0 Å². The number of hydrogen-bond donors (Lipinski definition) is 2. The summed E-state index contributed by atoms with van der Waals surface area (Å²) in [6.45, 7) is 5.30. The third-order valence-electron chi connectivity index (χ3n) is 1.98. The molecule has 2 unspecified atom stereocenters. The van der Waals surface area contributed by atoms with E-state index in [-0.39, 0.29) is 12.5 Å². The summed E-state index contributed by atoms with van der Waals surface area (Å²) < 4.78 is 35.7. The van der Waals surface area contributed by atoms with Gasteiger partial charge in [-0.1, -0.05) is 13.8 Å². The monoisotopic (exact) mass is 213 g/mol. The number of alkyl halides is 3. The molecule has 0 saturated carbocycles. The molecule has 0 spiro atoms. The molecule has 0 aliphatic rings. The van der Waals surface area contributed by atoms with Gasteiger partial charge in [0.1, 0.15) is 0 Å². The van der Waals surface area contributed by atoms with E-state index in [0.717, 1.165) is 0 Å². The lowest BCUT2D eigenvalue weighted by Gasteiger charge is -2.20. The lowest BCUT2D eigenvalue weighted by Crippen LogP contribution is -2.38. The number of rotatable bonds is 5. The van der Waals surface area contributed by atoms with Crippen LogP contribution in [0.2, 0.25) is 0 Å². The normalized spacial score (nSPS) is 17.1. The molecule has 0 aromatic heterocycles. The molecule has 0 bridgehead atoms. The summed E-state index contributed by atoms with van der Waals surface area (Å²) in [5, 5.41) is 12.0. The number of halogens is 3. The fourth-order valence-corrected chi connectivity index (χ4v) is 0.977. The summed E-state index contributed by atoms with van der Waals surface area (Å²) in [4.78, 5) is 0. The Morgan fingerprint density at radius 2 is 1.71 bits per heavy atom. The predicted octanol–water partition coefficient (Wildman–Crippen LogP) is 1.93. The fourth-order valence-electron chi connectivity index (χ4n) is 0.977. The first kappa shape index (κ1) is 13.7. The molecule has 2 atom stereocenters. The van der Waals surface area contributed by atoms with Crippen molar-refractivity contribution < 1.29 is 18.3 Å². The highest BCUT2D eigenvalue weighted by Crippen LogP contribution is 2.21. The van der Waals surface area contributed by atoms with Crippen molar-refractivity contribution in [3.8, 4) is 0 Å². The van der Waals surface area contributed by atoms with Crippen LogP contribution in [0.25, 0.3) is 0 Å². The predicted molar refractivity (Wildman–Crippen MR) is 49.0 cm³/mol. The van der Waals surface area contributed by atoms with Gasteiger partial charge in [0.25, 0.3) is 0 Å². The van der Waals surface area contributed by atoms with E-state index in [1.165, 1.54) is 6.92 Å². The van der Waals surface area contributed by atoms with Crippen LogP contribution in [0.3, 0.4) is 0 Å². The largest absolute Gasteiger partial charge is 0.392 e. The molecule has 2 N–H and O–H groups in total. The zero-order valence-corrected chi connectivity index (χ0v) is 8.73. The van der Waals surface area contributed by atoms with Crippen molar-refractivity contribution in [3.63, 3.8) is 0 Å². The minimum Gasteiger partial charge on any atom is -0.392 e. The third kappa shape index (κ3) is 7.15. The maximum Gasteiger partial charge on any atom is 0.390 e. The second-order valence-electron chi connectivity index (χ2n) is 3.94. The van der Waals surface area contributed by atoms with E-state index in [9.17, 15) is 18.3 Å². The van der Waals surface area contributed by atoms with Gasteiger partial charge in [0.15, 0.2) is 0 Å². The van der Waals surface area contributed by atoms with Crippen LogP contribution in [0.1, 0.15) is 27.2 Å². The van der Waals surface area contributed by atoms with E-state index in [2.05, 4.69) is 5.32 Å². The van der Waals surface area contributed by atoms with Gasteiger partial charge in [-0.3, -0.25) is 0 Å². The van der Waals surface area contributed by atoms with Crippen LogP contribution in [-0.4, -0.2) is 30.0 Å². The molecule has 86 valence electrons. The topological polar surface area (TPSA) is 32.3 Å². The first-order valence-electron chi connectivity index (χ1n) is 4.70. The highest BCUT2D eigenvalue weighted by atomic mass is 19.4. The first-order valence-corrected chi connectivity index (χ1v) is 4.70. The molecule has 0 aromatic rings. The summed E-state index contributed by atoms with van der Waals surface area (Å²) in [6, 6.07) is -0.650. The van der Waals surface area contributed by atoms with Gasteiger partial charge in [-0.25, -0.2) is 0 Å². The zero-order valence-electron chi connectivity index (χ0n) is 8.73. The summed E-state index contributed by atoms with van der Waals surface area (Å²) in [5.74, 6) is 0.0561. The van der Waals surface area contributed by atoms with Gasteiger partial charge < -0.3 is 10.4 Å². The fraction of sp³-hybridized carbons (Fsp3) is 1.00. The smallest absolute Gasteiger partial charge is 0.390 e. The second kappa shape index (κ2) is 5.56. The summed E-state index contributed by atoms with van der Waals surface area (Å²) in [7, 11) is 0. The molecule has 5 heteroatoms. The Bertz CT molecular complexity index is 159. The average Bonchev–Trinajstić information content (AvgIpc) is 1.96. The van der Waals surface area contributed by atoms with Crippen molar-refractivity contribution in [2.45, 2.75) is 45.5 Å². The van der Waals surface area contributed by atoms with Crippen molar-refractivity contribution in [2.24, 2.45) is 5.92 Å². The van der Waals surface area contributed by atoms with Gasteiger partial charge in [0, 0.05) is 12.6 Å². The number of aliphatic hydroxyl groups is 1. The highest BCUT2D eigenvalue weighted by molar-refractivity contribution is 4.70. The van der Waals surface area contributed by atoms with E-state index in [4.69, 9.17) is 0 Å². The van der Waals surface area contributed by atoms with Gasteiger partial charge in [-0.05, 0) is 12.8 Å². The molecule has 0 rings (SSSR count). The van der Waals surface area contributed by atoms with E-state index in [1.807, 2.05) is 13.8 Å². The Hall–Kier alpha value is -0.290. The van der Waals surface area contributed by atoms with Crippen LogP contribution in [0, 0.1) is 5.92 Å². The summed E-state index contributed by atoms with van der Waals surface area (Å²) >= 11 is 0. The maximum atomic E-state index is 11.9. The molecule has 0 aliphatic heterocycles. The van der Waals surface area contributed by atoms with Crippen LogP contribution in [-0.2, 0) is 0 Å². The number of nitrogens with one attached hydrogen (secondary N) is 1. The molecule has 0 fully saturated rings. The van der Waals surface area contributed by atoms with Gasteiger partial charge in [0.2, 0.25) is 0 Å². The van der Waals surface area contributed by atoms with Crippen LogP contribution >= 0.6 is 0 Å². The van der Waals surface area contributed by atoms with Gasteiger partial charge >= 0.3 is 6.18 Å². The number of hydrogen-bond acceptors (Lipinski definition) is 2. The van der Waals surface area contributed by atoms with Crippen molar-refractivity contribution in [1.29, 1.82) is 0 Å². The molecule has 0 aromatic carbocycles. The Labute approximate surface area is 82.5 Å².